The summed E-state index contributed by atoms with van der Waals surface area (Å²) in [5, 5.41) is 21.2. The highest BCUT2D eigenvalue weighted by Crippen LogP contribution is 2.36. The predicted molar refractivity (Wildman–Crippen MR) is 176 cm³/mol. The maximum atomic E-state index is 11.0. The van der Waals surface area contributed by atoms with Crippen LogP contribution >= 0.6 is 0 Å². The Labute approximate surface area is 272 Å². The van der Waals surface area contributed by atoms with Gasteiger partial charge in [-0.2, -0.15) is 26.3 Å². The van der Waals surface area contributed by atoms with Crippen LogP contribution < -0.4 is 11.1 Å². The lowest BCUT2D eigenvalue weighted by atomic mass is 9.90. The molecule has 4 atom stereocenters. The Hall–Kier alpha value is -2.50. The highest BCUT2D eigenvalue weighted by molar-refractivity contribution is 5.60. The van der Waals surface area contributed by atoms with Gasteiger partial charge in [0.1, 0.15) is 0 Å². The van der Waals surface area contributed by atoms with Gasteiger partial charge in [0, 0.05) is 14.2 Å². The zero-order valence-corrected chi connectivity index (χ0v) is 28.1. The molecule has 2 aromatic carbocycles. The molecule has 5 N–H and O–H groups in total. The number of ether oxygens (including phenoxy) is 1. The summed E-state index contributed by atoms with van der Waals surface area (Å²) in [6.07, 6.45) is -4.42. The fraction of sp³-hybridized carbons (Fsp3) is 0.657. The van der Waals surface area contributed by atoms with Gasteiger partial charge in [0.25, 0.3) is 0 Å². The number of nitrogens with two attached hydrogens (primary N) is 1. The van der Waals surface area contributed by atoms with Gasteiger partial charge in [0.2, 0.25) is 6.10 Å². The van der Waals surface area contributed by atoms with Crippen molar-refractivity contribution in [2.24, 2.45) is 0 Å². The van der Waals surface area contributed by atoms with Crippen molar-refractivity contribution >= 4 is 11.4 Å². The van der Waals surface area contributed by atoms with Gasteiger partial charge in [0.05, 0.1) is 24.4 Å². The van der Waals surface area contributed by atoms with Crippen LogP contribution in [0.5, 0.6) is 0 Å². The lowest BCUT2D eigenvalue weighted by Gasteiger charge is -2.31. The van der Waals surface area contributed by atoms with Crippen LogP contribution in [0, 0.1) is 34.6 Å². The van der Waals surface area contributed by atoms with E-state index in [1.165, 1.54) is 71.2 Å². The van der Waals surface area contributed by atoms with E-state index in [1.54, 1.807) is 0 Å². The molecule has 11 heteroatoms. The molecule has 46 heavy (non-hydrogen) atoms. The van der Waals surface area contributed by atoms with Crippen molar-refractivity contribution in [1.82, 2.24) is 0 Å². The molecular weight excluding hydrogens is 610 g/mol. The first-order valence-corrected chi connectivity index (χ1v) is 16.1. The second-order valence-electron chi connectivity index (χ2n) is 13.1. The van der Waals surface area contributed by atoms with E-state index in [-0.39, 0.29) is 15.0 Å². The van der Waals surface area contributed by atoms with Crippen LogP contribution in [0.25, 0.3) is 0 Å². The van der Waals surface area contributed by atoms with Crippen LogP contribution in [0.15, 0.2) is 24.3 Å². The largest absolute Gasteiger partial charge is 0.423 e. The molecule has 0 radical (unpaired) electrons. The number of alkyl halides is 6. The quantitative estimate of drug-likeness (QED) is 0.149. The minimum atomic E-state index is -5.63. The lowest BCUT2D eigenvalue weighted by Crippen LogP contribution is -2.41. The third-order valence-electron chi connectivity index (χ3n) is 8.46. The Kier molecular flexibility index (Phi) is 14.7. The predicted octanol–water partition coefficient (Wildman–Crippen LogP) is 9.63. The molecule has 5 nitrogen and oxygen atoms in total. The van der Waals surface area contributed by atoms with Gasteiger partial charge in [-0.3, -0.25) is 0 Å². The van der Waals surface area contributed by atoms with Crippen molar-refractivity contribution in [3.05, 3.63) is 57.6 Å². The number of epoxide rings is 1. The van der Waals surface area contributed by atoms with Crippen LogP contribution in [-0.2, 0) is 4.74 Å². The van der Waals surface area contributed by atoms with E-state index in [0.29, 0.717) is 18.1 Å². The van der Waals surface area contributed by atoms with Crippen LogP contribution in [0.3, 0.4) is 0 Å². The number of benzene rings is 2. The molecule has 3 fully saturated rings. The highest BCUT2D eigenvalue weighted by Gasteiger charge is 2.55. The Balaban J connectivity index is 0.000000651. The topological polar surface area (TPSA) is 91.0 Å². The smallest absolute Gasteiger partial charge is 0.398 e. The first-order valence-electron chi connectivity index (χ1n) is 16.1. The van der Waals surface area contributed by atoms with Crippen molar-refractivity contribution in [3.63, 3.8) is 0 Å². The average Bonchev–Trinajstić information content (AvgIpc) is 3.74. The van der Waals surface area contributed by atoms with Gasteiger partial charge >= 0.3 is 12.4 Å². The van der Waals surface area contributed by atoms with E-state index in [9.17, 15) is 31.4 Å². The van der Waals surface area contributed by atoms with Gasteiger partial charge in [0.15, 0.2) is 0 Å². The number of anilines is 2. The zero-order chi connectivity index (χ0) is 35.0. The Bertz CT molecular complexity index is 1210. The van der Waals surface area contributed by atoms with Crippen molar-refractivity contribution in [3.8, 4) is 0 Å². The van der Waals surface area contributed by atoms with E-state index >= 15 is 0 Å². The molecule has 1 aliphatic heterocycles. The molecule has 1 saturated heterocycles. The molecule has 266 valence electrons. The minimum Gasteiger partial charge on any atom is -0.398 e. The number of halogens is 6. The molecule has 3 aliphatic rings. The Morgan fingerprint density at radius 1 is 0.761 bits per heavy atom. The number of aliphatic hydroxyl groups excluding tert-OH is 2. The first-order chi connectivity index (χ1) is 21.2. The zero-order valence-electron chi connectivity index (χ0n) is 28.1. The molecule has 2 aliphatic carbocycles. The molecule has 5 rings (SSSR count). The van der Waals surface area contributed by atoms with E-state index in [2.05, 4.69) is 64.2 Å². The van der Waals surface area contributed by atoms with Crippen molar-refractivity contribution < 1.29 is 44.1 Å². The summed E-state index contributed by atoms with van der Waals surface area (Å²) >= 11 is 0. The van der Waals surface area contributed by atoms with Crippen molar-refractivity contribution in [1.29, 1.82) is 0 Å². The molecule has 2 unspecified atom stereocenters. The maximum Gasteiger partial charge on any atom is 0.423 e. The first kappa shape index (κ1) is 39.7. The summed E-state index contributed by atoms with van der Waals surface area (Å²) in [5.41, 5.74) is 15.5. The number of aryl methyl sites for hydroxylation is 5. The summed E-state index contributed by atoms with van der Waals surface area (Å²) in [6, 6.07) is 8.91. The lowest BCUT2D eigenvalue weighted by molar-refractivity contribution is -0.308. The second-order valence-corrected chi connectivity index (χ2v) is 13.1. The third kappa shape index (κ3) is 12.6. The van der Waals surface area contributed by atoms with Crippen molar-refractivity contribution in [2.45, 2.75) is 149 Å². The van der Waals surface area contributed by atoms with E-state index < -0.39 is 18.5 Å². The number of aliphatic hydroxyl groups is 2. The number of hydrogen-bond acceptors (Lipinski definition) is 5. The van der Waals surface area contributed by atoms with Gasteiger partial charge in [-0.25, -0.2) is 0 Å². The van der Waals surface area contributed by atoms with Crippen LogP contribution in [0.2, 0.25) is 0 Å². The summed E-state index contributed by atoms with van der Waals surface area (Å²) in [6.45, 7) is 14.9. The molecule has 0 amide bonds. The maximum absolute atomic E-state index is 11.0. The third-order valence-corrected chi connectivity index (χ3v) is 8.46. The monoisotopic (exact) mass is 666 g/mol. The van der Waals surface area contributed by atoms with Gasteiger partial charge < -0.3 is 26.0 Å². The second kappa shape index (κ2) is 17.1. The molecule has 2 saturated carbocycles. The molecule has 2 aromatic rings. The molecule has 0 spiro atoms. The molecule has 0 aromatic heterocycles. The van der Waals surface area contributed by atoms with Gasteiger partial charge in [-0.05, 0) is 88.5 Å². The van der Waals surface area contributed by atoms with Gasteiger partial charge in [-0.15, -0.1) is 0 Å². The summed E-state index contributed by atoms with van der Waals surface area (Å²) in [7, 11) is 0. The fourth-order valence-corrected chi connectivity index (χ4v) is 5.87. The summed E-state index contributed by atoms with van der Waals surface area (Å²) in [5.74, 6) is 0.502. The van der Waals surface area contributed by atoms with E-state index in [1.807, 2.05) is 13.8 Å². The standard InChI is InChI=1S/C17H27NO.C9H13N.C6H10O.C3H2F6O.2H2/c1-11(2)14-10-12(3)9-13(4)17(14)18-15-7-5-6-8-16(15)19;1-6-4-7(2)9(10)8(3)5-6;1-2-4-6-5(3-1)7-6;4-2(5,6)1(10)3(7,8)9;;/h9-11,15-16,18-19H,5-8H2,1-4H3;4-5H,10H2,1-3H3;5-6H,1-4H2;1,10H;2*1H/t15-,16-;;;;;/m0...../s1. The summed E-state index contributed by atoms with van der Waals surface area (Å²) in [4.78, 5) is 0. The van der Waals surface area contributed by atoms with Crippen molar-refractivity contribution in [2.75, 3.05) is 11.1 Å². The summed E-state index contributed by atoms with van der Waals surface area (Å²) < 4.78 is 71.1. The van der Waals surface area contributed by atoms with E-state index in [4.69, 9.17) is 15.6 Å². The fourth-order valence-electron chi connectivity index (χ4n) is 5.87. The number of hydrogen-bond donors (Lipinski definition) is 4. The van der Waals surface area contributed by atoms with Crippen LogP contribution in [0.1, 0.15) is 107 Å². The average molecular weight is 667 g/mol. The number of nitrogen functional groups attached to an aromatic ring is 1. The SMILES string of the molecule is C1CCC2OC2C1.Cc1cc(C)c(N)c(C)c1.Cc1cc(C)c(N[C@H]2CCCC[C@@H]2O)c(C(C)C)c1.OC(C(F)(F)F)C(F)(F)F.[HH].[HH]. The molecule has 1 heterocycles. The van der Waals surface area contributed by atoms with Gasteiger partial charge in [-0.1, -0.05) is 74.9 Å². The minimum absolute atomic E-state index is 0. The number of fused-ring (bicyclic) bond motifs is 1. The van der Waals surface area contributed by atoms with E-state index in [0.717, 1.165) is 24.9 Å². The highest BCUT2D eigenvalue weighted by atomic mass is 19.4. The molecule has 0 bridgehead atoms. The molecular formula is C35H56F6N2O3. The number of nitrogens with one attached hydrogen (secondary N) is 1. The van der Waals surface area contributed by atoms with Crippen LogP contribution in [0.4, 0.5) is 37.7 Å². The Morgan fingerprint density at radius 3 is 1.61 bits per heavy atom. The van der Waals surface area contributed by atoms with Crippen LogP contribution in [-0.4, -0.2) is 53.0 Å². The Morgan fingerprint density at radius 2 is 1.20 bits per heavy atom. The normalized spacial score (nSPS) is 22.4. The number of rotatable bonds is 3.